The number of likely N-dealkylation sites (N-methyl/N-ethyl adjacent to an activating group) is 1. The Kier molecular flexibility index (Phi) is 7.40. The number of aliphatic hydroxyl groups is 1. The number of benzene rings is 1. The van der Waals surface area contributed by atoms with Crippen LogP contribution in [0.3, 0.4) is 0 Å². The van der Waals surface area contributed by atoms with Crippen molar-refractivity contribution in [2.45, 2.75) is 45.3 Å². The molecule has 21 heavy (non-hydrogen) atoms. The molecular formula is C17H28N2O2. The van der Waals surface area contributed by atoms with Gasteiger partial charge in [-0.3, -0.25) is 9.69 Å². The summed E-state index contributed by atoms with van der Waals surface area (Å²) in [6.07, 6.45) is 0.259. The molecular weight excluding hydrogens is 264 g/mol. The summed E-state index contributed by atoms with van der Waals surface area (Å²) in [5, 5.41) is 12.6. The maximum Gasteiger partial charge on any atom is 0.234 e. The van der Waals surface area contributed by atoms with E-state index < -0.39 is 0 Å². The van der Waals surface area contributed by atoms with E-state index in [1.54, 1.807) is 6.92 Å². The molecule has 0 aliphatic rings. The standard InChI is InChI=1S/C17H28N2O2/c1-13(2)19(4)12-17(21)18-11-16(10-14(3)20)15-8-6-5-7-9-15/h5-9,13-14,16,20H,10-12H2,1-4H3,(H,18,21). The molecule has 118 valence electrons. The predicted molar refractivity (Wildman–Crippen MR) is 86.3 cm³/mol. The highest BCUT2D eigenvalue weighted by Gasteiger charge is 2.16. The molecule has 4 nitrogen and oxygen atoms in total. The summed E-state index contributed by atoms with van der Waals surface area (Å²) in [5.41, 5.74) is 1.15. The third kappa shape index (κ3) is 6.74. The van der Waals surface area contributed by atoms with E-state index in [0.29, 0.717) is 25.6 Å². The van der Waals surface area contributed by atoms with Gasteiger partial charge in [0.15, 0.2) is 0 Å². The first-order chi connectivity index (χ1) is 9.90. The number of carbonyl (C=O) groups excluding carboxylic acids is 1. The highest BCUT2D eigenvalue weighted by Crippen LogP contribution is 2.20. The number of hydrogen-bond donors (Lipinski definition) is 2. The number of rotatable bonds is 8. The summed E-state index contributed by atoms with van der Waals surface area (Å²) in [6.45, 7) is 6.86. The lowest BCUT2D eigenvalue weighted by Gasteiger charge is -2.23. The zero-order valence-corrected chi connectivity index (χ0v) is 13.5. The van der Waals surface area contributed by atoms with E-state index in [1.165, 1.54) is 0 Å². The lowest BCUT2D eigenvalue weighted by atomic mass is 9.93. The van der Waals surface area contributed by atoms with Crippen LogP contribution in [0.1, 0.15) is 38.7 Å². The molecule has 1 aromatic rings. The number of nitrogens with zero attached hydrogens (tertiary/aromatic N) is 1. The molecule has 2 N–H and O–H groups in total. The van der Waals surface area contributed by atoms with Gasteiger partial charge in [0.1, 0.15) is 0 Å². The smallest absolute Gasteiger partial charge is 0.234 e. The van der Waals surface area contributed by atoms with Gasteiger partial charge in [0.05, 0.1) is 12.6 Å². The Morgan fingerprint density at radius 1 is 1.24 bits per heavy atom. The molecule has 0 spiro atoms. The molecule has 0 heterocycles. The fourth-order valence-electron chi connectivity index (χ4n) is 2.18. The van der Waals surface area contributed by atoms with Gasteiger partial charge in [-0.25, -0.2) is 0 Å². The van der Waals surface area contributed by atoms with Crippen molar-refractivity contribution in [2.24, 2.45) is 0 Å². The first kappa shape index (κ1) is 17.7. The van der Waals surface area contributed by atoms with Crippen molar-refractivity contribution in [2.75, 3.05) is 20.1 Å². The Bertz CT molecular complexity index is 418. The van der Waals surface area contributed by atoms with Crippen molar-refractivity contribution in [1.29, 1.82) is 0 Å². The summed E-state index contributed by atoms with van der Waals surface area (Å²) >= 11 is 0. The van der Waals surface area contributed by atoms with Gasteiger partial charge < -0.3 is 10.4 Å². The third-order valence-corrected chi connectivity index (χ3v) is 3.72. The van der Waals surface area contributed by atoms with Crippen molar-refractivity contribution < 1.29 is 9.90 Å². The zero-order valence-electron chi connectivity index (χ0n) is 13.5. The maximum atomic E-state index is 12.0. The van der Waals surface area contributed by atoms with Crippen molar-refractivity contribution in [3.8, 4) is 0 Å². The minimum Gasteiger partial charge on any atom is -0.393 e. The Balaban J connectivity index is 2.56. The molecule has 0 saturated heterocycles. The van der Waals surface area contributed by atoms with Crippen LogP contribution in [0.4, 0.5) is 0 Å². The second-order valence-corrected chi connectivity index (χ2v) is 6.01. The van der Waals surface area contributed by atoms with E-state index >= 15 is 0 Å². The molecule has 0 aliphatic heterocycles. The summed E-state index contributed by atoms with van der Waals surface area (Å²) in [4.78, 5) is 14.0. The monoisotopic (exact) mass is 292 g/mol. The van der Waals surface area contributed by atoms with Gasteiger partial charge in [-0.05, 0) is 39.8 Å². The lowest BCUT2D eigenvalue weighted by molar-refractivity contribution is -0.122. The second kappa shape index (κ2) is 8.80. The number of carbonyl (C=O) groups is 1. The largest absolute Gasteiger partial charge is 0.393 e. The number of nitrogens with one attached hydrogen (secondary N) is 1. The van der Waals surface area contributed by atoms with Crippen LogP contribution >= 0.6 is 0 Å². The average molecular weight is 292 g/mol. The summed E-state index contributed by atoms with van der Waals surface area (Å²) < 4.78 is 0. The van der Waals surface area contributed by atoms with Crippen LogP contribution in [-0.2, 0) is 4.79 Å². The van der Waals surface area contributed by atoms with E-state index in [9.17, 15) is 9.90 Å². The van der Waals surface area contributed by atoms with Crippen molar-refractivity contribution >= 4 is 5.91 Å². The highest BCUT2D eigenvalue weighted by molar-refractivity contribution is 5.78. The average Bonchev–Trinajstić information content (AvgIpc) is 2.43. The number of amides is 1. The molecule has 0 aliphatic carbocycles. The minimum absolute atomic E-state index is 0.0257. The molecule has 0 aromatic heterocycles. The normalized spacial score (nSPS) is 14.2. The fourth-order valence-corrected chi connectivity index (χ4v) is 2.18. The fraction of sp³-hybridized carbons (Fsp3) is 0.588. The van der Waals surface area contributed by atoms with E-state index in [1.807, 2.05) is 42.3 Å². The van der Waals surface area contributed by atoms with Crippen LogP contribution in [0.15, 0.2) is 30.3 Å². The summed E-state index contributed by atoms with van der Waals surface area (Å²) in [5.74, 6) is 0.164. The molecule has 2 unspecified atom stereocenters. The van der Waals surface area contributed by atoms with Crippen molar-refractivity contribution in [1.82, 2.24) is 10.2 Å². The molecule has 2 atom stereocenters. The minimum atomic E-state index is -0.384. The number of hydrogen-bond acceptors (Lipinski definition) is 3. The maximum absolute atomic E-state index is 12.0. The van der Waals surface area contributed by atoms with Gasteiger partial charge in [-0.1, -0.05) is 30.3 Å². The van der Waals surface area contributed by atoms with Gasteiger partial charge in [0.25, 0.3) is 0 Å². The molecule has 1 aromatic carbocycles. The van der Waals surface area contributed by atoms with Crippen LogP contribution in [0.5, 0.6) is 0 Å². The molecule has 0 radical (unpaired) electrons. The van der Waals surface area contributed by atoms with E-state index in [-0.39, 0.29) is 17.9 Å². The van der Waals surface area contributed by atoms with E-state index in [0.717, 1.165) is 5.56 Å². The van der Waals surface area contributed by atoms with Gasteiger partial charge in [0, 0.05) is 18.5 Å². The van der Waals surface area contributed by atoms with E-state index in [4.69, 9.17) is 0 Å². The van der Waals surface area contributed by atoms with Crippen LogP contribution in [0, 0.1) is 0 Å². The first-order valence-electron chi connectivity index (χ1n) is 7.60. The first-order valence-corrected chi connectivity index (χ1v) is 7.60. The van der Waals surface area contributed by atoms with Crippen LogP contribution in [0.25, 0.3) is 0 Å². The van der Waals surface area contributed by atoms with Crippen LogP contribution in [0.2, 0.25) is 0 Å². The topological polar surface area (TPSA) is 52.6 Å². The van der Waals surface area contributed by atoms with Gasteiger partial charge in [0.2, 0.25) is 5.91 Å². The quantitative estimate of drug-likeness (QED) is 0.770. The van der Waals surface area contributed by atoms with Crippen LogP contribution in [-0.4, -0.2) is 48.2 Å². The van der Waals surface area contributed by atoms with Crippen molar-refractivity contribution in [3.63, 3.8) is 0 Å². The molecule has 1 rings (SSSR count). The van der Waals surface area contributed by atoms with Crippen LogP contribution < -0.4 is 5.32 Å². The Morgan fingerprint density at radius 3 is 2.38 bits per heavy atom. The van der Waals surface area contributed by atoms with Gasteiger partial charge in [-0.15, -0.1) is 0 Å². The lowest BCUT2D eigenvalue weighted by Crippen LogP contribution is -2.40. The molecule has 0 bridgehead atoms. The highest BCUT2D eigenvalue weighted by atomic mass is 16.3. The molecule has 4 heteroatoms. The van der Waals surface area contributed by atoms with Gasteiger partial charge in [-0.2, -0.15) is 0 Å². The zero-order chi connectivity index (χ0) is 15.8. The molecule has 1 amide bonds. The van der Waals surface area contributed by atoms with Gasteiger partial charge >= 0.3 is 0 Å². The second-order valence-electron chi connectivity index (χ2n) is 6.01. The van der Waals surface area contributed by atoms with Crippen molar-refractivity contribution in [3.05, 3.63) is 35.9 Å². The summed E-state index contributed by atoms with van der Waals surface area (Å²) in [6, 6.07) is 10.4. The molecule has 0 fully saturated rings. The third-order valence-electron chi connectivity index (χ3n) is 3.72. The van der Waals surface area contributed by atoms with E-state index in [2.05, 4.69) is 19.2 Å². The Labute approximate surface area is 128 Å². The summed E-state index contributed by atoms with van der Waals surface area (Å²) in [7, 11) is 1.94. The Morgan fingerprint density at radius 2 is 1.86 bits per heavy atom. The molecule has 0 saturated carbocycles. The SMILES string of the molecule is CC(O)CC(CNC(=O)CN(C)C(C)C)c1ccccc1. The number of aliphatic hydroxyl groups excluding tert-OH is 1. The Hall–Kier alpha value is -1.39. The predicted octanol–water partition coefficient (Wildman–Crippen LogP) is 2.00.